The van der Waals surface area contributed by atoms with Crippen LogP contribution in [-0.4, -0.2) is 37.3 Å². The number of nitrogens with zero attached hydrogens (tertiary/aromatic N) is 2. The number of ether oxygens (including phenoxy) is 1. The minimum atomic E-state index is -0.752. The maximum atomic E-state index is 13.1. The highest BCUT2D eigenvalue weighted by atomic mass is 16.5. The topological polar surface area (TPSA) is 84.0 Å². The number of esters is 1. The largest absolute Gasteiger partial charge is 0.452 e. The van der Waals surface area contributed by atoms with E-state index in [-0.39, 0.29) is 16.7 Å². The van der Waals surface area contributed by atoms with E-state index < -0.39 is 30.3 Å². The highest BCUT2D eigenvalue weighted by Gasteiger charge is 2.38. The van der Waals surface area contributed by atoms with Crippen molar-refractivity contribution in [2.45, 2.75) is 13.8 Å². The molecule has 0 aliphatic carbocycles. The van der Waals surface area contributed by atoms with E-state index in [0.29, 0.717) is 11.4 Å². The van der Waals surface area contributed by atoms with Gasteiger partial charge in [-0.05, 0) is 61.4 Å². The van der Waals surface area contributed by atoms with Crippen molar-refractivity contribution in [2.75, 3.05) is 23.5 Å². The number of carbonyl (C=O) groups excluding carboxylic acids is 4. The number of hydrogen-bond donors (Lipinski definition) is 0. The molecule has 3 amide bonds. The van der Waals surface area contributed by atoms with Crippen molar-refractivity contribution in [2.24, 2.45) is 0 Å². The Balaban J connectivity index is 1.50. The van der Waals surface area contributed by atoms with Gasteiger partial charge < -0.3 is 9.64 Å². The van der Waals surface area contributed by atoms with E-state index in [1.54, 1.807) is 37.4 Å². The van der Waals surface area contributed by atoms with Crippen LogP contribution in [0.1, 0.15) is 42.2 Å². The van der Waals surface area contributed by atoms with Crippen molar-refractivity contribution in [3.63, 3.8) is 0 Å². The second kappa shape index (κ2) is 8.70. The third-order valence-electron chi connectivity index (χ3n) is 5.57. The van der Waals surface area contributed by atoms with Crippen molar-refractivity contribution in [1.29, 1.82) is 0 Å². The average Bonchev–Trinajstić information content (AvgIpc) is 3.08. The van der Waals surface area contributed by atoms with Crippen LogP contribution in [0.2, 0.25) is 0 Å². The standard InChI is InChI=1S/C26H22N2O5/c1-16-9-10-17(2)22(13-16)28-24(30)20-12-11-18(14-21(20)25(28)31)26(32)33-15-23(29)27(3)19-7-5-4-6-8-19/h4-14H,15H2,1-3H3. The van der Waals surface area contributed by atoms with Crippen LogP contribution < -0.4 is 9.80 Å². The van der Waals surface area contributed by atoms with Gasteiger partial charge in [0.15, 0.2) is 6.61 Å². The molecule has 0 spiro atoms. The van der Waals surface area contributed by atoms with Gasteiger partial charge in [0.05, 0.1) is 22.4 Å². The number of rotatable bonds is 5. The zero-order valence-corrected chi connectivity index (χ0v) is 18.5. The van der Waals surface area contributed by atoms with Gasteiger partial charge >= 0.3 is 5.97 Å². The number of carbonyl (C=O) groups is 4. The molecule has 4 rings (SSSR count). The van der Waals surface area contributed by atoms with Gasteiger partial charge in [0.25, 0.3) is 17.7 Å². The fourth-order valence-electron chi connectivity index (χ4n) is 3.65. The van der Waals surface area contributed by atoms with Crippen molar-refractivity contribution in [3.05, 3.63) is 94.5 Å². The third-order valence-corrected chi connectivity index (χ3v) is 5.57. The van der Waals surface area contributed by atoms with Gasteiger partial charge in [0.2, 0.25) is 0 Å². The van der Waals surface area contributed by atoms with E-state index in [1.807, 2.05) is 32.0 Å². The summed E-state index contributed by atoms with van der Waals surface area (Å²) in [5.74, 6) is -2.09. The van der Waals surface area contributed by atoms with Crippen molar-refractivity contribution < 1.29 is 23.9 Å². The highest BCUT2D eigenvalue weighted by Crippen LogP contribution is 2.32. The van der Waals surface area contributed by atoms with E-state index in [9.17, 15) is 19.2 Å². The van der Waals surface area contributed by atoms with E-state index >= 15 is 0 Å². The van der Waals surface area contributed by atoms with Crippen LogP contribution in [0.4, 0.5) is 11.4 Å². The SMILES string of the molecule is Cc1ccc(C)c(N2C(=O)c3ccc(C(=O)OCC(=O)N(C)c4ccccc4)cc3C2=O)c1. The van der Waals surface area contributed by atoms with Gasteiger partial charge in [0, 0.05) is 12.7 Å². The lowest BCUT2D eigenvalue weighted by Gasteiger charge is -2.17. The van der Waals surface area contributed by atoms with E-state index in [1.165, 1.54) is 23.1 Å². The first-order valence-corrected chi connectivity index (χ1v) is 10.4. The number of imide groups is 1. The molecule has 0 bridgehead atoms. The number of para-hydroxylation sites is 1. The molecule has 3 aromatic rings. The molecule has 1 aliphatic rings. The molecule has 0 saturated carbocycles. The Morgan fingerprint density at radius 3 is 2.30 bits per heavy atom. The lowest BCUT2D eigenvalue weighted by atomic mass is 10.1. The second-order valence-corrected chi connectivity index (χ2v) is 7.86. The summed E-state index contributed by atoms with van der Waals surface area (Å²) in [5, 5.41) is 0. The first-order valence-electron chi connectivity index (χ1n) is 10.4. The average molecular weight is 442 g/mol. The maximum absolute atomic E-state index is 13.1. The summed E-state index contributed by atoms with van der Waals surface area (Å²) >= 11 is 0. The summed E-state index contributed by atoms with van der Waals surface area (Å²) in [5.41, 5.74) is 3.33. The van der Waals surface area contributed by atoms with Crippen LogP contribution in [0, 0.1) is 13.8 Å². The molecule has 7 nitrogen and oxygen atoms in total. The zero-order valence-electron chi connectivity index (χ0n) is 18.5. The zero-order chi connectivity index (χ0) is 23.7. The molecule has 3 aromatic carbocycles. The molecule has 7 heteroatoms. The summed E-state index contributed by atoms with van der Waals surface area (Å²) in [6, 6.07) is 18.7. The molecule has 1 heterocycles. The summed E-state index contributed by atoms with van der Waals surface area (Å²) in [6.07, 6.45) is 0. The Labute approximate surface area is 191 Å². The number of hydrogen-bond acceptors (Lipinski definition) is 5. The van der Waals surface area contributed by atoms with Gasteiger partial charge in [-0.3, -0.25) is 14.4 Å². The molecule has 0 unspecified atom stereocenters. The fourth-order valence-corrected chi connectivity index (χ4v) is 3.65. The van der Waals surface area contributed by atoms with Gasteiger partial charge in [-0.2, -0.15) is 0 Å². The van der Waals surface area contributed by atoms with E-state index in [4.69, 9.17) is 4.74 Å². The molecule has 33 heavy (non-hydrogen) atoms. The number of amides is 3. The number of likely N-dealkylation sites (N-methyl/N-ethyl adjacent to an activating group) is 1. The lowest BCUT2D eigenvalue weighted by molar-refractivity contribution is -0.121. The van der Waals surface area contributed by atoms with Crippen LogP contribution >= 0.6 is 0 Å². The third kappa shape index (κ3) is 4.13. The molecule has 1 aliphatic heterocycles. The number of anilines is 2. The summed E-state index contributed by atoms with van der Waals surface area (Å²) in [6.45, 7) is 3.25. The summed E-state index contributed by atoms with van der Waals surface area (Å²) in [7, 11) is 1.59. The van der Waals surface area contributed by atoms with Gasteiger partial charge in [0.1, 0.15) is 0 Å². The first kappa shape index (κ1) is 22.0. The quantitative estimate of drug-likeness (QED) is 0.442. The fraction of sp³-hybridized carbons (Fsp3) is 0.154. The Kier molecular flexibility index (Phi) is 5.79. The molecule has 0 fully saturated rings. The molecule has 166 valence electrons. The molecule has 0 N–H and O–H groups in total. The molecular formula is C26H22N2O5. The second-order valence-electron chi connectivity index (χ2n) is 7.86. The lowest BCUT2D eigenvalue weighted by Crippen LogP contribution is -2.31. The van der Waals surface area contributed by atoms with Crippen LogP contribution in [0.5, 0.6) is 0 Å². The molecule has 0 aromatic heterocycles. The van der Waals surface area contributed by atoms with Gasteiger partial charge in [-0.1, -0.05) is 30.3 Å². The Hall–Kier alpha value is -4.26. The molecule has 0 atom stereocenters. The van der Waals surface area contributed by atoms with Crippen LogP contribution in [0.3, 0.4) is 0 Å². The van der Waals surface area contributed by atoms with E-state index in [2.05, 4.69) is 0 Å². The Morgan fingerprint density at radius 2 is 1.58 bits per heavy atom. The Bertz CT molecular complexity index is 1280. The van der Waals surface area contributed by atoms with Gasteiger partial charge in [-0.25, -0.2) is 9.69 Å². The van der Waals surface area contributed by atoms with Crippen molar-refractivity contribution in [1.82, 2.24) is 0 Å². The summed E-state index contributed by atoms with van der Waals surface area (Å²) < 4.78 is 5.16. The normalized spacial score (nSPS) is 12.5. The number of benzene rings is 3. The van der Waals surface area contributed by atoms with Crippen molar-refractivity contribution >= 4 is 35.1 Å². The summed E-state index contributed by atoms with van der Waals surface area (Å²) in [4.78, 5) is 53.4. The predicted molar refractivity (Wildman–Crippen MR) is 124 cm³/mol. The number of fused-ring (bicyclic) bond motifs is 1. The van der Waals surface area contributed by atoms with Crippen molar-refractivity contribution in [3.8, 4) is 0 Å². The molecular weight excluding hydrogens is 420 g/mol. The minimum absolute atomic E-state index is 0.0906. The molecule has 0 radical (unpaired) electrons. The highest BCUT2D eigenvalue weighted by molar-refractivity contribution is 6.35. The molecule has 0 saturated heterocycles. The predicted octanol–water partition coefficient (Wildman–Crippen LogP) is 3.92. The van der Waals surface area contributed by atoms with Gasteiger partial charge in [-0.15, -0.1) is 0 Å². The van der Waals surface area contributed by atoms with Crippen LogP contribution in [0.25, 0.3) is 0 Å². The Morgan fingerprint density at radius 1 is 0.879 bits per heavy atom. The minimum Gasteiger partial charge on any atom is -0.452 e. The smallest absolute Gasteiger partial charge is 0.338 e. The maximum Gasteiger partial charge on any atom is 0.338 e. The van der Waals surface area contributed by atoms with Crippen LogP contribution in [0.15, 0.2) is 66.7 Å². The monoisotopic (exact) mass is 442 g/mol. The van der Waals surface area contributed by atoms with E-state index in [0.717, 1.165) is 16.0 Å². The number of aryl methyl sites for hydroxylation is 2. The first-order chi connectivity index (χ1) is 15.8. The van der Waals surface area contributed by atoms with Crippen LogP contribution in [-0.2, 0) is 9.53 Å².